The van der Waals surface area contributed by atoms with Crippen LogP contribution in [0.5, 0.6) is 0 Å². The van der Waals surface area contributed by atoms with Crippen LogP contribution in [0.25, 0.3) is 5.69 Å². The predicted molar refractivity (Wildman–Crippen MR) is 103 cm³/mol. The summed E-state index contributed by atoms with van der Waals surface area (Å²) in [6.45, 7) is 6.69. The minimum absolute atomic E-state index is 0.0920. The maximum absolute atomic E-state index is 13.1. The van der Waals surface area contributed by atoms with E-state index < -0.39 is 5.79 Å². The molecule has 2 fully saturated rings. The van der Waals surface area contributed by atoms with Crippen LogP contribution in [0.3, 0.4) is 0 Å². The van der Waals surface area contributed by atoms with Gasteiger partial charge in [0.2, 0.25) is 0 Å². The van der Waals surface area contributed by atoms with Crippen molar-refractivity contribution < 1.29 is 14.3 Å². The lowest BCUT2D eigenvalue weighted by Gasteiger charge is -2.37. The lowest BCUT2D eigenvalue weighted by Crippen LogP contribution is -2.47. The molecule has 26 heavy (non-hydrogen) atoms. The molecule has 5 nitrogen and oxygen atoms in total. The highest BCUT2D eigenvalue weighted by atomic mass is 79.9. The molecule has 2 aliphatic rings. The summed E-state index contributed by atoms with van der Waals surface area (Å²) in [6.07, 6.45) is 1.48. The first-order valence-electron chi connectivity index (χ1n) is 9.01. The zero-order chi connectivity index (χ0) is 18.3. The van der Waals surface area contributed by atoms with Crippen LogP contribution in [0.1, 0.15) is 34.6 Å². The van der Waals surface area contributed by atoms with Gasteiger partial charge in [-0.25, -0.2) is 0 Å². The second-order valence-corrected chi connectivity index (χ2v) is 7.91. The Hall–Kier alpha value is -1.63. The van der Waals surface area contributed by atoms with E-state index in [2.05, 4.69) is 32.6 Å². The number of benzene rings is 1. The van der Waals surface area contributed by atoms with E-state index in [1.165, 1.54) is 0 Å². The first-order valence-corrected chi connectivity index (χ1v) is 9.80. The number of amides is 1. The average molecular weight is 419 g/mol. The van der Waals surface area contributed by atoms with Crippen molar-refractivity contribution in [2.24, 2.45) is 0 Å². The van der Waals surface area contributed by atoms with E-state index in [1.54, 1.807) is 0 Å². The fourth-order valence-electron chi connectivity index (χ4n) is 3.97. The fraction of sp³-hybridized carbons (Fsp3) is 0.450. The molecule has 1 aromatic heterocycles. The summed E-state index contributed by atoms with van der Waals surface area (Å²) in [5.41, 5.74) is 3.87. The second-order valence-electron chi connectivity index (χ2n) is 7.00. The number of nitrogens with zero attached hydrogens (tertiary/aromatic N) is 2. The van der Waals surface area contributed by atoms with Crippen LogP contribution >= 0.6 is 15.9 Å². The Morgan fingerprint density at radius 1 is 1.08 bits per heavy atom. The molecule has 0 atom stereocenters. The first kappa shape index (κ1) is 17.8. The molecule has 1 amide bonds. The highest BCUT2D eigenvalue weighted by Gasteiger charge is 2.41. The molecule has 4 rings (SSSR count). The second kappa shape index (κ2) is 6.83. The highest BCUT2D eigenvalue weighted by Crippen LogP contribution is 2.32. The van der Waals surface area contributed by atoms with Crippen molar-refractivity contribution in [3.8, 4) is 5.69 Å². The first-order chi connectivity index (χ1) is 12.5. The lowest BCUT2D eigenvalue weighted by atomic mass is 10.0. The third-order valence-electron chi connectivity index (χ3n) is 5.37. The number of aryl methyl sites for hydroxylation is 1. The van der Waals surface area contributed by atoms with Crippen LogP contribution in [0.15, 0.2) is 34.8 Å². The summed E-state index contributed by atoms with van der Waals surface area (Å²) in [6, 6.07) is 10.1. The number of rotatable bonds is 2. The van der Waals surface area contributed by atoms with Crippen molar-refractivity contribution in [2.45, 2.75) is 32.5 Å². The van der Waals surface area contributed by atoms with Gasteiger partial charge in [0.25, 0.3) is 5.91 Å². The number of halogens is 1. The topological polar surface area (TPSA) is 43.7 Å². The van der Waals surface area contributed by atoms with Gasteiger partial charge in [-0.2, -0.15) is 0 Å². The van der Waals surface area contributed by atoms with Gasteiger partial charge in [-0.1, -0.05) is 15.9 Å². The quantitative estimate of drug-likeness (QED) is 0.743. The van der Waals surface area contributed by atoms with Gasteiger partial charge in [-0.05, 0) is 44.2 Å². The van der Waals surface area contributed by atoms with Crippen molar-refractivity contribution in [1.29, 1.82) is 0 Å². The Labute approximate surface area is 162 Å². The summed E-state index contributed by atoms with van der Waals surface area (Å²) >= 11 is 3.47. The summed E-state index contributed by atoms with van der Waals surface area (Å²) in [7, 11) is 0. The molecule has 2 aromatic rings. The Morgan fingerprint density at radius 2 is 1.69 bits per heavy atom. The maximum Gasteiger partial charge on any atom is 0.255 e. The number of ether oxygens (including phenoxy) is 2. The monoisotopic (exact) mass is 418 g/mol. The van der Waals surface area contributed by atoms with Crippen LogP contribution in [-0.2, 0) is 9.47 Å². The summed E-state index contributed by atoms with van der Waals surface area (Å²) in [5, 5.41) is 0. The molecule has 0 radical (unpaired) electrons. The molecule has 0 saturated carbocycles. The third-order valence-corrected chi connectivity index (χ3v) is 5.90. The molecular weight excluding hydrogens is 396 g/mol. The Morgan fingerprint density at radius 3 is 2.31 bits per heavy atom. The van der Waals surface area contributed by atoms with Gasteiger partial charge in [-0.3, -0.25) is 4.79 Å². The Balaban J connectivity index is 1.55. The van der Waals surface area contributed by atoms with Crippen LogP contribution in [0.4, 0.5) is 0 Å². The highest BCUT2D eigenvalue weighted by molar-refractivity contribution is 9.10. The molecule has 0 unspecified atom stereocenters. The average Bonchev–Trinajstić information content (AvgIpc) is 3.21. The van der Waals surface area contributed by atoms with Crippen molar-refractivity contribution in [1.82, 2.24) is 9.47 Å². The van der Waals surface area contributed by atoms with Gasteiger partial charge >= 0.3 is 0 Å². The third kappa shape index (κ3) is 3.10. The largest absolute Gasteiger partial charge is 0.347 e. The lowest BCUT2D eigenvalue weighted by molar-refractivity contribution is -0.181. The zero-order valence-corrected chi connectivity index (χ0v) is 16.7. The smallest absolute Gasteiger partial charge is 0.255 e. The molecular formula is C20H23BrN2O3. The van der Waals surface area contributed by atoms with E-state index in [0.29, 0.717) is 26.3 Å². The van der Waals surface area contributed by atoms with Crippen molar-refractivity contribution >= 4 is 21.8 Å². The summed E-state index contributed by atoms with van der Waals surface area (Å²) in [4.78, 5) is 15.0. The molecule has 138 valence electrons. The van der Waals surface area contributed by atoms with Crippen LogP contribution < -0.4 is 0 Å². The van der Waals surface area contributed by atoms with E-state index in [9.17, 15) is 4.79 Å². The van der Waals surface area contributed by atoms with E-state index in [-0.39, 0.29) is 5.91 Å². The molecule has 3 heterocycles. The SMILES string of the molecule is Cc1cc(C(=O)N2CCC3(CC2)OCCO3)c(C)n1-c1ccc(Br)cc1. The van der Waals surface area contributed by atoms with E-state index in [4.69, 9.17) is 9.47 Å². The van der Waals surface area contributed by atoms with Crippen LogP contribution in [-0.4, -0.2) is 47.5 Å². The number of aromatic nitrogens is 1. The number of carbonyl (C=O) groups is 1. The summed E-state index contributed by atoms with van der Waals surface area (Å²) in [5.74, 6) is -0.361. The zero-order valence-electron chi connectivity index (χ0n) is 15.1. The van der Waals surface area contributed by atoms with Crippen molar-refractivity contribution in [3.63, 3.8) is 0 Å². The van der Waals surface area contributed by atoms with Gasteiger partial charge < -0.3 is 18.9 Å². The number of hydrogen-bond acceptors (Lipinski definition) is 3. The van der Waals surface area contributed by atoms with Gasteiger partial charge in [0.05, 0.1) is 18.8 Å². The minimum atomic E-state index is -0.453. The Bertz CT molecular complexity index is 812. The van der Waals surface area contributed by atoms with Crippen LogP contribution in [0, 0.1) is 13.8 Å². The van der Waals surface area contributed by atoms with Gasteiger partial charge in [-0.15, -0.1) is 0 Å². The number of carbonyl (C=O) groups excluding carboxylic acids is 1. The van der Waals surface area contributed by atoms with Crippen molar-refractivity contribution in [3.05, 3.63) is 51.8 Å². The number of likely N-dealkylation sites (tertiary alicyclic amines) is 1. The molecule has 1 aromatic carbocycles. The summed E-state index contributed by atoms with van der Waals surface area (Å²) < 4.78 is 14.7. The molecule has 0 N–H and O–H groups in total. The van der Waals surface area contributed by atoms with Crippen molar-refractivity contribution in [2.75, 3.05) is 26.3 Å². The molecule has 0 aliphatic carbocycles. The fourth-order valence-corrected chi connectivity index (χ4v) is 4.24. The molecule has 6 heteroatoms. The molecule has 2 saturated heterocycles. The predicted octanol–water partition coefficient (Wildman–Crippen LogP) is 3.84. The van der Waals surface area contributed by atoms with E-state index in [0.717, 1.165) is 40.0 Å². The minimum Gasteiger partial charge on any atom is -0.347 e. The Kier molecular flexibility index (Phi) is 4.67. The van der Waals surface area contributed by atoms with Crippen LogP contribution in [0.2, 0.25) is 0 Å². The van der Waals surface area contributed by atoms with Gasteiger partial charge in [0, 0.05) is 47.5 Å². The van der Waals surface area contributed by atoms with E-state index >= 15 is 0 Å². The standard InChI is InChI=1S/C20H23BrN2O3/c1-14-13-18(15(2)23(14)17-5-3-16(21)4-6-17)19(24)22-9-7-20(8-10-22)25-11-12-26-20/h3-6,13H,7-12H2,1-2H3. The molecule has 0 bridgehead atoms. The maximum atomic E-state index is 13.1. The van der Waals surface area contributed by atoms with Gasteiger partial charge in [0.1, 0.15) is 0 Å². The molecule has 2 aliphatic heterocycles. The molecule has 1 spiro atoms. The number of hydrogen-bond donors (Lipinski definition) is 0. The van der Waals surface area contributed by atoms with Gasteiger partial charge in [0.15, 0.2) is 5.79 Å². The normalized spacial score (nSPS) is 19.3. The van der Waals surface area contributed by atoms with E-state index in [1.807, 2.05) is 36.9 Å². The number of piperidine rings is 1.